The van der Waals surface area contributed by atoms with E-state index >= 15 is 0 Å². The molecule has 5 nitrogen and oxygen atoms in total. The first-order valence-corrected chi connectivity index (χ1v) is 7.22. The van der Waals surface area contributed by atoms with E-state index in [1.54, 1.807) is 7.11 Å². The maximum absolute atomic E-state index is 11.1. The molecule has 1 aliphatic rings. The Kier molecular flexibility index (Phi) is 8.74. The number of rotatable bonds is 10. The van der Waals surface area contributed by atoms with E-state index in [4.69, 9.17) is 9.47 Å². The van der Waals surface area contributed by atoms with Gasteiger partial charge < -0.3 is 20.1 Å². The van der Waals surface area contributed by atoms with Crippen LogP contribution in [0.25, 0.3) is 0 Å². The van der Waals surface area contributed by atoms with E-state index in [2.05, 4.69) is 23.6 Å². The van der Waals surface area contributed by atoms with Gasteiger partial charge in [-0.2, -0.15) is 0 Å². The minimum atomic E-state index is -0.0885. The summed E-state index contributed by atoms with van der Waals surface area (Å²) in [5.74, 6) is 0. The molecule has 2 amide bonds. The average Bonchev–Trinajstić information content (AvgIpc) is 2.84. The smallest absolute Gasteiger partial charge is 0.315 e. The number of amides is 2. The van der Waals surface area contributed by atoms with Crippen molar-refractivity contribution in [1.82, 2.24) is 10.6 Å². The Hall–Kier alpha value is -1.33. The molecule has 0 saturated carbocycles. The van der Waals surface area contributed by atoms with Gasteiger partial charge >= 0.3 is 6.03 Å². The number of urea groups is 1. The number of nitrogens with one attached hydrogen (secondary N) is 2. The van der Waals surface area contributed by atoms with Crippen LogP contribution in [0.1, 0.15) is 26.2 Å². The van der Waals surface area contributed by atoms with Crippen LogP contribution in [-0.4, -0.2) is 45.5 Å². The second kappa shape index (κ2) is 10.5. The van der Waals surface area contributed by atoms with Gasteiger partial charge in [-0.3, -0.25) is 0 Å². The molecule has 1 aliphatic heterocycles. The lowest BCUT2D eigenvalue weighted by atomic mass is 10.1. The third-order valence-electron chi connectivity index (χ3n) is 3.03. The van der Waals surface area contributed by atoms with E-state index in [1.165, 1.54) is 0 Å². The van der Waals surface area contributed by atoms with Crippen LogP contribution in [0.2, 0.25) is 0 Å². The van der Waals surface area contributed by atoms with Crippen molar-refractivity contribution < 1.29 is 14.3 Å². The highest BCUT2D eigenvalue weighted by Crippen LogP contribution is 2.10. The molecule has 0 aliphatic carbocycles. The van der Waals surface area contributed by atoms with Crippen LogP contribution >= 0.6 is 0 Å². The minimum absolute atomic E-state index is 0.0885. The largest absolute Gasteiger partial charge is 0.381 e. The topological polar surface area (TPSA) is 59.6 Å². The zero-order valence-corrected chi connectivity index (χ0v) is 12.5. The molecule has 0 bridgehead atoms. The molecule has 0 radical (unpaired) electrons. The summed E-state index contributed by atoms with van der Waals surface area (Å²) >= 11 is 0. The molecule has 0 aromatic carbocycles. The molecule has 20 heavy (non-hydrogen) atoms. The number of carbonyl (C=O) groups is 1. The van der Waals surface area contributed by atoms with Crippen LogP contribution in [0.15, 0.2) is 23.8 Å². The van der Waals surface area contributed by atoms with Gasteiger partial charge in [0, 0.05) is 20.3 Å². The first-order valence-electron chi connectivity index (χ1n) is 7.22. The van der Waals surface area contributed by atoms with Gasteiger partial charge in [0.2, 0.25) is 0 Å². The lowest BCUT2D eigenvalue weighted by Gasteiger charge is -2.10. The number of carbonyl (C=O) groups excluding carboxylic acids is 1. The van der Waals surface area contributed by atoms with E-state index in [1.807, 2.05) is 12.2 Å². The van der Waals surface area contributed by atoms with Gasteiger partial charge in [-0.25, -0.2) is 4.79 Å². The first-order chi connectivity index (χ1) is 9.76. The normalized spacial score (nSPS) is 19.4. The van der Waals surface area contributed by atoms with E-state index in [9.17, 15) is 4.79 Å². The van der Waals surface area contributed by atoms with E-state index in [-0.39, 0.29) is 12.1 Å². The Morgan fingerprint density at radius 3 is 2.95 bits per heavy atom. The van der Waals surface area contributed by atoms with Crippen LogP contribution in [0, 0.1) is 0 Å². The van der Waals surface area contributed by atoms with Crippen molar-refractivity contribution in [3.8, 4) is 0 Å². The van der Waals surface area contributed by atoms with Crippen molar-refractivity contribution in [3.63, 3.8) is 0 Å². The fourth-order valence-electron chi connectivity index (χ4n) is 1.92. The highest BCUT2D eigenvalue weighted by Gasteiger charge is 2.19. The van der Waals surface area contributed by atoms with Crippen molar-refractivity contribution in [2.45, 2.75) is 32.2 Å². The number of hydrogen-bond acceptors (Lipinski definition) is 3. The summed E-state index contributed by atoms with van der Waals surface area (Å²) in [5, 5.41) is 5.66. The molecule has 5 heteroatoms. The molecular formula is C15H26N2O3. The van der Waals surface area contributed by atoms with Gasteiger partial charge in [0.25, 0.3) is 0 Å². The molecule has 1 heterocycles. The van der Waals surface area contributed by atoms with Gasteiger partial charge in [0.15, 0.2) is 0 Å². The molecule has 1 atom stereocenters. The molecule has 1 unspecified atom stereocenters. The molecule has 1 saturated heterocycles. The predicted molar refractivity (Wildman–Crippen MR) is 79.8 cm³/mol. The number of methoxy groups -OCH3 is 1. The summed E-state index contributed by atoms with van der Waals surface area (Å²) in [6.45, 7) is 4.81. The lowest BCUT2D eigenvalue weighted by Crippen LogP contribution is -2.26. The molecule has 1 rings (SSSR count). The summed E-state index contributed by atoms with van der Waals surface area (Å²) < 4.78 is 10.6. The molecule has 0 spiro atoms. The first kappa shape index (κ1) is 16.7. The fraction of sp³-hybridized carbons (Fsp3) is 0.667. The molecule has 114 valence electrons. The van der Waals surface area contributed by atoms with Gasteiger partial charge in [0.1, 0.15) is 0 Å². The van der Waals surface area contributed by atoms with Gasteiger partial charge in [-0.15, -0.1) is 0 Å². The van der Waals surface area contributed by atoms with E-state index < -0.39 is 0 Å². The molecule has 2 N–H and O–H groups in total. The van der Waals surface area contributed by atoms with Crippen LogP contribution in [0.3, 0.4) is 0 Å². The van der Waals surface area contributed by atoms with Crippen LogP contribution < -0.4 is 10.6 Å². The molecule has 1 fully saturated rings. The lowest BCUT2D eigenvalue weighted by molar-refractivity contribution is 0.158. The molecular weight excluding hydrogens is 256 g/mol. The van der Waals surface area contributed by atoms with Crippen LogP contribution in [0.5, 0.6) is 0 Å². The Balaban J connectivity index is 2.41. The Bertz CT molecular complexity index is 340. The third-order valence-corrected chi connectivity index (χ3v) is 3.03. The Morgan fingerprint density at radius 2 is 2.30 bits per heavy atom. The summed E-state index contributed by atoms with van der Waals surface area (Å²) in [7, 11) is 1.67. The van der Waals surface area contributed by atoms with Crippen molar-refractivity contribution in [2.75, 3.05) is 33.5 Å². The number of ether oxygens (including phenoxy) is 2. The summed E-state index contributed by atoms with van der Waals surface area (Å²) in [6, 6.07) is 0.0611. The second-order valence-electron chi connectivity index (χ2n) is 4.82. The number of allylic oxidation sites excluding steroid dienone is 1. The Morgan fingerprint density at radius 1 is 1.45 bits per heavy atom. The fourth-order valence-corrected chi connectivity index (χ4v) is 1.92. The molecule has 0 aromatic rings. The SMILES string of the molecule is CCCCOC/C=C(\C=C/COC)CC1CNC(=O)N1. The van der Waals surface area contributed by atoms with Gasteiger partial charge in [-0.05, 0) is 18.4 Å². The van der Waals surface area contributed by atoms with Crippen molar-refractivity contribution >= 4 is 6.03 Å². The van der Waals surface area contributed by atoms with Crippen LogP contribution in [-0.2, 0) is 9.47 Å². The van der Waals surface area contributed by atoms with Gasteiger partial charge in [-0.1, -0.05) is 31.6 Å². The van der Waals surface area contributed by atoms with Gasteiger partial charge in [0.05, 0.1) is 19.3 Å². The monoisotopic (exact) mass is 282 g/mol. The van der Waals surface area contributed by atoms with Crippen molar-refractivity contribution in [1.29, 1.82) is 0 Å². The summed E-state index contributed by atoms with van der Waals surface area (Å²) in [6.07, 6.45) is 9.12. The minimum Gasteiger partial charge on any atom is -0.381 e. The van der Waals surface area contributed by atoms with Crippen molar-refractivity contribution in [3.05, 3.63) is 23.8 Å². The zero-order chi connectivity index (χ0) is 14.6. The highest BCUT2D eigenvalue weighted by atomic mass is 16.5. The highest BCUT2D eigenvalue weighted by molar-refractivity contribution is 5.76. The van der Waals surface area contributed by atoms with Crippen LogP contribution in [0.4, 0.5) is 4.79 Å². The average molecular weight is 282 g/mol. The molecule has 0 aromatic heterocycles. The summed E-state index contributed by atoms with van der Waals surface area (Å²) in [4.78, 5) is 11.1. The Labute approximate surface area is 121 Å². The predicted octanol–water partition coefficient (Wildman–Crippen LogP) is 2.00. The maximum atomic E-state index is 11.1. The number of hydrogen-bond donors (Lipinski definition) is 2. The standard InChI is InChI=1S/C15H26N2O3/c1-3-4-9-20-10-7-13(6-5-8-19-2)11-14-12-16-15(18)17-14/h5-7,14H,3-4,8-12H2,1-2H3,(H2,16,17,18)/b6-5-,13-7+. The second-order valence-corrected chi connectivity index (χ2v) is 4.82. The quantitative estimate of drug-likeness (QED) is 0.476. The summed E-state index contributed by atoms with van der Waals surface area (Å²) in [5.41, 5.74) is 1.16. The third kappa shape index (κ3) is 7.31. The number of unbranched alkanes of at least 4 members (excludes halogenated alkanes) is 1. The zero-order valence-electron chi connectivity index (χ0n) is 12.5. The van der Waals surface area contributed by atoms with E-state index in [0.29, 0.717) is 19.8 Å². The van der Waals surface area contributed by atoms with Crippen molar-refractivity contribution in [2.24, 2.45) is 0 Å². The van der Waals surface area contributed by atoms with E-state index in [0.717, 1.165) is 31.4 Å². The maximum Gasteiger partial charge on any atom is 0.315 e.